The fourth-order valence-electron chi connectivity index (χ4n) is 6.35. The third-order valence-corrected chi connectivity index (χ3v) is 9.09. The van der Waals surface area contributed by atoms with Crippen molar-refractivity contribution in [2.75, 3.05) is 12.4 Å². The van der Waals surface area contributed by atoms with E-state index in [1.807, 2.05) is 26.8 Å². The maximum atomic E-state index is 15.8. The third-order valence-electron chi connectivity index (χ3n) is 8.48. The Hall–Kier alpha value is -3.91. The number of hydrogen-bond donors (Lipinski definition) is 2. The average Bonchev–Trinajstić information content (AvgIpc) is 3.56. The van der Waals surface area contributed by atoms with E-state index < -0.39 is 65.2 Å². The number of carbonyl (C=O) groups excluding carboxylic acids is 3. The maximum absolute atomic E-state index is 15.8. The summed E-state index contributed by atoms with van der Waals surface area (Å²) in [5, 5.41) is 17.9. The second-order valence-corrected chi connectivity index (χ2v) is 14.4. The number of ether oxygens (including phenoxy) is 3. The highest BCUT2D eigenvalue weighted by molar-refractivity contribution is 6.30. The van der Waals surface area contributed by atoms with Crippen LogP contribution in [0.1, 0.15) is 63.9 Å². The Morgan fingerprint density at radius 1 is 1.10 bits per heavy atom. The van der Waals surface area contributed by atoms with Gasteiger partial charge in [0.05, 0.1) is 36.4 Å². The smallest absolute Gasteiger partial charge is 0.341 e. The van der Waals surface area contributed by atoms with Crippen molar-refractivity contribution >= 4 is 46.7 Å². The molecular weight excluding hydrogens is 660 g/mol. The Bertz CT molecular complexity index is 1680. The number of methoxy groups -OCH3 is 1. The van der Waals surface area contributed by atoms with Gasteiger partial charge in [0, 0.05) is 40.4 Å². The molecule has 9 nitrogen and oxygen atoms in total. The van der Waals surface area contributed by atoms with Crippen LogP contribution in [-0.4, -0.2) is 43.3 Å². The van der Waals surface area contributed by atoms with Crippen molar-refractivity contribution in [1.82, 2.24) is 5.32 Å². The van der Waals surface area contributed by atoms with E-state index in [9.17, 15) is 19.6 Å². The summed E-state index contributed by atoms with van der Waals surface area (Å²) in [4.78, 5) is 39.0. The van der Waals surface area contributed by atoms with Crippen molar-refractivity contribution in [3.8, 4) is 11.8 Å². The number of nitriles is 1. The molecule has 2 aromatic carbocycles. The third kappa shape index (κ3) is 7.70. The van der Waals surface area contributed by atoms with Crippen LogP contribution in [0.2, 0.25) is 5.02 Å². The Morgan fingerprint density at radius 3 is 2.38 bits per heavy atom. The first-order valence-electron chi connectivity index (χ1n) is 15.6. The Morgan fingerprint density at radius 2 is 1.81 bits per heavy atom. The van der Waals surface area contributed by atoms with Crippen LogP contribution in [-0.2, 0) is 24.5 Å². The number of amides is 1. The van der Waals surface area contributed by atoms with Crippen LogP contribution in [0.25, 0.3) is 0 Å². The van der Waals surface area contributed by atoms with E-state index in [0.717, 1.165) is 0 Å². The van der Waals surface area contributed by atoms with Gasteiger partial charge in [-0.1, -0.05) is 76.0 Å². The van der Waals surface area contributed by atoms with Gasteiger partial charge in [-0.05, 0) is 48.2 Å². The zero-order chi connectivity index (χ0) is 35.6. The van der Waals surface area contributed by atoms with Crippen molar-refractivity contribution in [2.24, 2.45) is 23.2 Å². The second-order valence-electron chi connectivity index (χ2n) is 13.5. The summed E-state index contributed by atoms with van der Waals surface area (Å²) in [6.07, 6.45) is 4.57. The lowest BCUT2D eigenvalue weighted by Gasteiger charge is -2.39. The number of benzene rings is 2. The molecule has 48 heavy (non-hydrogen) atoms. The molecule has 256 valence electrons. The molecule has 1 saturated heterocycles. The lowest BCUT2D eigenvalue weighted by atomic mass is 9.61. The van der Waals surface area contributed by atoms with Gasteiger partial charge in [0.2, 0.25) is 12.2 Å². The molecule has 12 heteroatoms. The number of halogens is 3. The van der Waals surface area contributed by atoms with Crippen LogP contribution in [0.4, 0.5) is 10.1 Å². The van der Waals surface area contributed by atoms with Gasteiger partial charge in [0.15, 0.2) is 0 Å². The van der Waals surface area contributed by atoms with Gasteiger partial charge in [-0.3, -0.25) is 9.59 Å². The topological polar surface area (TPSA) is 127 Å². The predicted molar refractivity (Wildman–Crippen MR) is 181 cm³/mol. The Balaban J connectivity index is 1.71. The van der Waals surface area contributed by atoms with Gasteiger partial charge in [0.25, 0.3) is 0 Å². The van der Waals surface area contributed by atoms with Crippen LogP contribution < -0.4 is 15.4 Å². The molecule has 3 unspecified atom stereocenters. The number of nitrogens with zero attached hydrogens (tertiary/aromatic N) is 1. The quantitative estimate of drug-likeness (QED) is 0.196. The fraction of sp³-hybridized carbons (Fsp3) is 0.444. The summed E-state index contributed by atoms with van der Waals surface area (Å²) >= 11 is 12.8. The first-order chi connectivity index (χ1) is 22.5. The van der Waals surface area contributed by atoms with Gasteiger partial charge in [0.1, 0.15) is 17.0 Å². The van der Waals surface area contributed by atoms with Crippen molar-refractivity contribution < 1.29 is 33.0 Å². The van der Waals surface area contributed by atoms with Crippen molar-refractivity contribution in [1.29, 1.82) is 5.26 Å². The normalized spacial score (nSPS) is 24.1. The number of anilines is 1. The zero-order valence-corrected chi connectivity index (χ0v) is 29.4. The molecule has 0 bridgehead atoms. The first-order valence-corrected chi connectivity index (χ1v) is 16.3. The molecule has 2 aromatic rings. The molecule has 0 aromatic heterocycles. The molecule has 2 N–H and O–H groups in total. The van der Waals surface area contributed by atoms with Gasteiger partial charge >= 0.3 is 11.9 Å². The second kappa shape index (κ2) is 14.7. The standard InChI is InChI=1S/C36H40Cl2FN3O6/c1-19(2)33(44)47-20(3)48-34(45)21-11-14-27(28(15-21)46-7)41-32(43)31-30(23-9-8-10-25(23)38)36(18-40,29(42-31)17-35(4,5)6)24-13-12-22(37)16-26(24)39/h8-16,19-20,23,29-31,42H,17H2,1-7H3,(H,41,43)/t20?,23?,29?,30-,31+,36-/m0/s1. The highest BCUT2D eigenvalue weighted by Gasteiger charge is 2.62. The van der Waals surface area contributed by atoms with Crippen LogP contribution in [0, 0.1) is 40.3 Å². The number of nitrogens with one attached hydrogen (secondary N) is 2. The van der Waals surface area contributed by atoms with E-state index in [1.54, 1.807) is 26.0 Å². The summed E-state index contributed by atoms with van der Waals surface area (Å²) in [5.74, 6) is -4.13. The molecule has 1 fully saturated rings. The molecule has 1 heterocycles. The Kier molecular flexibility index (Phi) is 11.3. The minimum atomic E-state index is -1.54. The van der Waals surface area contributed by atoms with E-state index in [4.69, 9.17) is 37.4 Å². The number of esters is 2. The van der Waals surface area contributed by atoms with E-state index in [0.29, 0.717) is 11.5 Å². The van der Waals surface area contributed by atoms with Gasteiger partial charge < -0.3 is 24.8 Å². The molecule has 0 radical (unpaired) electrons. The zero-order valence-electron chi connectivity index (χ0n) is 27.9. The fourth-order valence-corrected chi connectivity index (χ4v) is 6.79. The molecule has 1 aliphatic heterocycles. The van der Waals surface area contributed by atoms with Gasteiger partial charge in [-0.25, -0.2) is 9.18 Å². The minimum absolute atomic E-state index is 0.0918. The van der Waals surface area contributed by atoms with Crippen LogP contribution in [0.3, 0.4) is 0 Å². The summed E-state index contributed by atoms with van der Waals surface area (Å²) in [5.41, 5.74) is -1.40. The lowest BCUT2D eigenvalue weighted by Crippen LogP contribution is -2.47. The average molecular weight is 701 g/mol. The number of hydrogen-bond acceptors (Lipinski definition) is 8. The number of carbonyl (C=O) groups is 3. The summed E-state index contributed by atoms with van der Waals surface area (Å²) in [7, 11) is 1.38. The molecule has 1 amide bonds. The van der Waals surface area contributed by atoms with Gasteiger partial charge in [-0.15, -0.1) is 0 Å². The summed E-state index contributed by atoms with van der Waals surface area (Å²) in [6.45, 7) is 10.8. The number of allylic oxidation sites excluding steroid dienone is 4. The highest BCUT2D eigenvalue weighted by Crippen LogP contribution is 2.53. The van der Waals surface area contributed by atoms with E-state index in [2.05, 4.69) is 16.7 Å². The SMILES string of the molecule is COc1cc(C(=O)OC(C)OC(=O)C(C)C)ccc1NC(=O)[C@@H]1NC(CC(C)(C)C)[C@](C#N)(c2ccc(Cl)cc2F)[C@H]1C1C=CC=C1Cl. The van der Waals surface area contributed by atoms with E-state index in [1.165, 1.54) is 50.4 Å². The van der Waals surface area contributed by atoms with E-state index >= 15 is 4.39 Å². The van der Waals surface area contributed by atoms with Crippen LogP contribution in [0.15, 0.2) is 59.7 Å². The molecular formula is C36H40Cl2FN3O6. The maximum Gasteiger partial charge on any atom is 0.341 e. The minimum Gasteiger partial charge on any atom is -0.495 e. The Labute approximate surface area is 290 Å². The van der Waals surface area contributed by atoms with Gasteiger partial charge in [-0.2, -0.15) is 5.26 Å². The lowest BCUT2D eigenvalue weighted by molar-refractivity contribution is -0.169. The highest BCUT2D eigenvalue weighted by atomic mass is 35.5. The molecule has 0 spiro atoms. The molecule has 6 atom stereocenters. The van der Waals surface area contributed by atoms with Crippen LogP contribution >= 0.6 is 23.2 Å². The van der Waals surface area contributed by atoms with Crippen molar-refractivity contribution in [3.05, 3.63) is 81.6 Å². The summed E-state index contributed by atoms with van der Waals surface area (Å²) < 4.78 is 31.7. The molecule has 4 rings (SSSR count). The monoisotopic (exact) mass is 699 g/mol. The van der Waals surface area contributed by atoms with Crippen molar-refractivity contribution in [2.45, 2.75) is 71.8 Å². The molecule has 1 aliphatic carbocycles. The molecule has 0 saturated carbocycles. The number of rotatable bonds is 10. The summed E-state index contributed by atoms with van der Waals surface area (Å²) in [6, 6.07) is 9.27. The van der Waals surface area contributed by atoms with Crippen molar-refractivity contribution in [3.63, 3.8) is 0 Å². The van der Waals surface area contributed by atoms with Crippen LogP contribution in [0.5, 0.6) is 5.75 Å². The first kappa shape index (κ1) is 36.9. The molecule has 2 aliphatic rings. The largest absolute Gasteiger partial charge is 0.495 e. The predicted octanol–water partition coefficient (Wildman–Crippen LogP) is 7.29. The van der Waals surface area contributed by atoms with E-state index in [-0.39, 0.29) is 33.0 Å².